The second-order valence-electron chi connectivity index (χ2n) is 9.78. The zero-order valence-corrected chi connectivity index (χ0v) is 32.4. The van der Waals surface area contributed by atoms with E-state index in [0.717, 1.165) is 0 Å². The van der Waals surface area contributed by atoms with E-state index >= 15 is 0 Å². The average Bonchev–Trinajstić information content (AvgIpc) is 3.06. The average molecular weight is 943 g/mol. The van der Waals surface area contributed by atoms with Crippen LogP contribution in [0.15, 0.2) is 200 Å². The first-order chi connectivity index (χ1) is 23.8. The molecule has 0 N–H and O–H groups in total. The van der Waals surface area contributed by atoms with E-state index < -0.39 is 16.3 Å². The van der Waals surface area contributed by atoms with Gasteiger partial charge in [0, 0.05) is 9.79 Å². The number of benzene rings is 6. The van der Waals surface area contributed by atoms with Gasteiger partial charge in [-0.3, -0.25) is 0 Å². The van der Waals surface area contributed by atoms with Crippen LogP contribution in [0.4, 0.5) is 42.0 Å². The molecule has 6 aromatic carbocycles. The first kappa shape index (κ1) is 47.8. The Balaban J connectivity index is 0.000000434. The van der Waals surface area contributed by atoms with Gasteiger partial charge in [0.25, 0.3) is 0 Å². The summed E-state index contributed by atoms with van der Waals surface area (Å²) in [6, 6.07) is 62.5. The monoisotopic (exact) mass is 942 g/mol. The van der Waals surface area contributed by atoms with Gasteiger partial charge in [0.1, 0.15) is 0 Å². The molecule has 0 aliphatic heterocycles. The Labute approximate surface area is 317 Å². The third kappa shape index (κ3) is 23.9. The first-order valence-electron chi connectivity index (χ1n) is 14.5. The van der Waals surface area contributed by atoms with Crippen LogP contribution < -0.4 is 30.6 Å². The van der Waals surface area contributed by atoms with Crippen LogP contribution in [0.2, 0.25) is 0 Å². The van der Waals surface area contributed by atoms with E-state index in [0.29, 0.717) is 0 Å². The largest absolute Gasteiger partial charge is 1.00 e. The van der Waals surface area contributed by atoms with Crippen LogP contribution in [0.5, 0.6) is 0 Å². The Morgan fingerprint density at radius 1 is 0.340 bits per heavy atom. The summed E-state index contributed by atoms with van der Waals surface area (Å²) < 4.78 is 101. The normalized spacial score (nSPS) is 12.1. The third-order valence-electron chi connectivity index (χ3n) is 5.68. The number of rotatable bonds is 7. The zero-order valence-electron chi connectivity index (χ0n) is 26.9. The minimum Gasteiger partial charge on any atom is -1.00 e. The topological polar surface area (TPSA) is 0 Å². The molecule has 0 aromatic heterocycles. The fourth-order valence-electron chi connectivity index (χ4n) is 3.87. The minimum absolute atomic E-state index is 0. The van der Waals surface area contributed by atoms with Gasteiger partial charge >= 0.3 is 79.5 Å². The fourth-order valence-corrected chi connectivity index (χ4v) is 9.06. The van der Waals surface area contributed by atoms with Gasteiger partial charge in [0.2, 0.25) is 0 Å². The molecule has 0 saturated heterocycles. The summed E-state index contributed by atoms with van der Waals surface area (Å²) in [7, 11) is -17.2. The number of halogens is 13. The van der Waals surface area contributed by atoms with E-state index in [1.807, 2.05) is 0 Å². The van der Waals surface area contributed by atoms with Crippen LogP contribution >= 0.6 is 28.1 Å². The van der Waals surface area contributed by atoms with Crippen LogP contribution in [0.3, 0.4) is 0 Å². The van der Waals surface area contributed by atoms with Crippen molar-refractivity contribution >= 4 is 39.0 Å². The van der Waals surface area contributed by atoms with Crippen LogP contribution in [0.1, 0.15) is 0 Å². The van der Waals surface area contributed by atoms with E-state index in [1.54, 1.807) is 11.8 Å². The smallest absolute Gasteiger partial charge is 0.357 e. The van der Waals surface area contributed by atoms with Crippen molar-refractivity contribution in [2.24, 2.45) is 0 Å². The Bertz CT molecular complexity index is 1740. The maximum Gasteiger partial charge on any atom is 0.357 e. The van der Waals surface area contributed by atoms with Gasteiger partial charge in [-0.25, -0.2) is 0 Å². The Morgan fingerprint density at radius 2 is 0.585 bits per heavy atom. The van der Waals surface area contributed by atoms with Crippen LogP contribution in [-0.4, -0.2) is 0 Å². The maximum atomic E-state index is 9.84. The van der Waals surface area contributed by atoms with Gasteiger partial charge in [-0.2, -0.15) is 0 Å². The van der Waals surface area contributed by atoms with E-state index in [2.05, 4.69) is 176 Å². The standard InChI is InChI=1S/C24H19S2.C12H10I.2F5P.2FH/c1-4-10-20(11-5-1)25-21-16-18-24(19-17-21)26(22-12-6-2-7-13-22)23-14-8-3-9-15-23;1-3-7-11(8-4-1)13-12-9-5-2-6-10-12;2*1-6(2,3,4)5;;/h1-19H;1-10H;;;2*1H/q2*+1;;;;/p-2. The Kier molecular flexibility index (Phi) is 19.5. The molecule has 6 aromatic rings. The predicted octanol–water partition coefficient (Wildman–Crippen LogP) is 6.68. The molecule has 0 spiro atoms. The maximum absolute atomic E-state index is 9.84. The SMILES string of the molecule is FP(F)(F)(F)F.FP(F)(F)(F)F.[F-].[F-].c1ccc(Sc2ccc([S+](c3ccccc3)c3ccccc3)cc2)cc1.c1ccc([I+]c2ccccc2)cc1. The molecule has 0 aliphatic rings. The molecular formula is C36H29F12IP2S2. The van der Waals surface area contributed by atoms with Gasteiger partial charge in [-0.15, -0.1) is 0 Å². The molecule has 0 aliphatic carbocycles. The molecular weight excluding hydrogens is 913 g/mol. The van der Waals surface area contributed by atoms with Crippen molar-refractivity contribution in [2.75, 3.05) is 0 Å². The summed E-state index contributed by atoms with van der Waals surface area (Å²) in [5.74, 6) is 0. The summed E-state index contributed by atoms with van der Waals surface area (Å²) in [6.45, 7) is 0. The number of hydrogen-bond donors (Lipinski definition) is 0. The van der Waals surface area contributed by atoms with Crippen LogP contribution in [0, 0.1) is 7.14 Å². The quantitative estimate of drug-likeness (QED) is 0.0746. The van der Waals surface area contributed by atoms with Crippen molar-refractivity contribution < 1.29 is 72.6 Å². The molecule has 53 heavy (non-hydrogen) atoms. The van der Waals surface area contributed by atoms with Crippen molar-refractivity contribution in [3.63, 3.8) is 0 Å². The van der Waals surface area contributed by atoms with Crippen LogP contribution in [-0.2, 0) is 10.9 Å². The van der Waals surface area contributed by atoms with Crippen molar-refractivity contribution in [1.29, 1.82) is 0 Å². The Morgan fingerprint density at radius 3 is 0.906 bits per heavy atom. The van der Waals surface area contributed by atoms with E-state index in [1.165, 1.54) is 31.6 Å². The molecule has 0 amide bonds. The van der Waals surface area contributed by atoms with Gasteiger partial charge in [-0.1, -0.05) is 103 Å². The van der Waals surface area contributed by atoms with Crippen LogP contribution in [0.25, 0.3) is 0 Å². The van der Waals surface area contributed by atoms with Crippen molar-refractivity contribution in [3.05, 3.63) is 183 Å². The molecule has 0 radical (unpaired) electrons. The van der Waals surface area contributed by atoms with Crippen molar-refractivity contribution in [2.45, 2.75) is 24.5 Å². The number of hydrogen-bond acceptors (Lipinski definition) is 1. The minimum atomic E-state index is -8.55. The second-order valence-corrected chi connectivity index (χ2v) is 18.5. The summed E-state index contributed by atoms with van der Waals surface area (Å²) in [6.07, 6.45) is 0. The molecule has 0 bridgehead atoms. The summed E-state index contributed by atoms with van der Waals surface area (Å²) in [5, 5.41) is 0. The molecule has 17 heteroatoms. The summed E-state index contributed by atoms with van der Waals surface area (Å²) >= 11 is 1.83. The van der Waals surface area contributed by atoms with E-state index in [-0.39, 0.29) is 41.5 Å². The van der Waals surface area contributed by atoms with Crippen molar-refractivity contribution in [1.82, 2.24) is 0 Å². The first-order valence-corrected chi connectivity index (χ1v) is 22.0. The second kappa shape index (κ2) is 21.6. The third-order valence-corrected chi connectivity index (χ3v) is 11.6. The molecule has 0 fully saturated rings. The summed E-state index contributed by atoms with van der Waals surface area (Å²) in [4.78, 5) is 6.58. The van der Waals surface area contributed by atoms with Crippen molar-refractivity contribution in [3.8, 4) is 0 Å². The van der Waals surface area contributed by atoms with E-state index in [4.69, 9.17) is 0 Å². The molecule has 6 rings (SSSR count). The van der Waals surface area contributed by atoms with Gasteiger partial charge < -0.3 is 9.41 Å². The molecule has 0 unspecified atom stereocenters. The molecule has 286 valence electrons. The summed E-state index contributed by atoms with van der Waals surface area (Å²) in [5.41, 5.74) is 0. The molecule has 0 heterocycles. The van der Waals surface area contributed by atoms with Gasteiger partial charge in [-0.05, 0) is 84.9 Å². The zero-order chi connectivity index (χ0) is 37.4. The van der Waals surface area contributed by atoms with E-state index in [9.17, 15) is 42.0 Å². The molecule has 0 nitrogen and oxygen atoms in total. The van der Waals surface area contributed by atoms with Gasteiger partial charge in [0.05, 0.1) is 10.9 Å². The fraction of sp³-hybridized carbons (Fsp3) is 0. The predicted molar refractivity (Wildman–Crippen MR) is 187 cm³/mol. The Hall–Kier alpha value is -3.23. The molecule has 0 atom stereocenters. The van der Waals surface area contributed by atoms with Gasteiger partial charge in [0.15, 0.2) is 21.8 Å². The molecule has 0 saturated carbocycles.